The minimum Gasteiger partial charge on any atom is -0.395 e. The molecule has 6 heteroatoms. The highest BCUT2D eigenvalue weighted by Crippen LogP contribution is 2.21. The predicted octanol–water partition coefficient (Wildman–Crippen LogP) is 0.259. The average molecular weight is 211 g/mol. The summed E-state index contributed by atoms with van der Waals surface area (Å²) in [5.74, 6) is 0. The maximum atomic E-state index is 10.6. The molecule has 0 saturated carbocycles. The number of nitrogens with one attached hydrogen (secondary N) is 1. The van der Waals surface area contributed by atoms with Crippen molar-refractivity contribution in [1.82, 2.24) is 5.32 Å². The highest BCUT2D eigenvalue weighted by atomic mass is 16.6. The van der Waals surface area contributed by atoms with Gasteiger partial charge in [-0.3, -0.25) is 10.1 Å². The van der Waals surface area contributed by atoms with E-state index in [9.17, 15) is 10.1 Å². The van der Waals surface area contributed by atoms with E-state index in [1.54, 1.807) is 6.07 Å². The maximum Gasteiger partial charge on any atom is 0.292 e. The second-order valence-electron chi connectivity index (χ2n) is 3.05. The Labute approximate surface area is 86.9 Å². The van der Waals surface area contributed by atoms with Gasteiger partial charge in [0.1, 0.15) is 5.69 Å². The number of nitro groups is 1. The molecule has 0 spiro atoms. The molecular formula is C9H13N3O3. The lowest BCUT2D eigenvalue weighted by atomic mass is 10.2. The smallest absolute Gasteiger partial charge is 0.292 e. The Morgan fingerprint density at radius 2 is 2.27 bits per heavy atom. The van der Waals surface area contributed by atoms with Gasteiger partial charge in [-0.25, -0.2) is 0 Å². The number of anilines is 1. The molecule has 0 amide bonds. The third kappa shape index (κ3) is 3.19. The van der Waals surface area contributed by atoms with E-state index in [4.69, 9.17) is 10.8 Å². The van der Waals surface area contributed by atoms with Crippen molar-refractivity contribution in [3.05, 3.63) is 33.9 Å². The number of benzene rings is 1. The molecule has 1 aromatic carbocycles. The van der Waals surface area contributed by atoms with E-state index < -0.39 is 4.92 Å². The van der Waals surface area contributed by atoms with Gasteiger partial charge in [0.05, 0.1) is 11.5 Å². The fourth-order valence-electron chi connectivity index (χ4n) is 1.17. The first-order valence-electron chi connectivity index (χ1n) is 4.49. The van der Waals surface area contributed by atoms with Crippen molar-refractivity contribution >= 4 is 11.4 Å². The van der Waals surface area contributed by atoms with Crippen molar-refractivity contribution in [1.29, 1.82) is 0 Å². The third-order valence-electron chi connectivity index (χ3n) is 1.91. The molecule has 1 aromatic rings. The summed E-state index contributed by atoms with van der Waals surface area (Å²) in [6, 6.07) is 4.65. The van der Waals surface area contributed by atoms with Crippen molar-refractivity contribution in [2.45, 2.75) is 6.54 Å². The third-order valence-corrected chi connectivity index (χ3v) is 1.91. The van der Waals surface area contributed by atoms with Crippen molar-refractivity contribution in [3.63, 3.8) is 0 Å². The van der Waals surface area contributed by atoms with E-state index in [1.807, 2.05) is 0 Å². The second-order valence-corrected chi connectivity index (χ2v) is 3.05. The average Bonchev–Trinajstić information content (AvgIpc) is 2.20. The van der Waals surface area contributed by atoms with Crippen LogP contribution in [0.5, 0.6) is 0 Å². The monoisotopic (exact) mass is 211 g/mol. The van der Waals surface area contributed by atoms with Crippen LogP contribution in [0.3, 0.4) is 0 Å². The van der Waals surface area contributed by atoms with Gasteiger partial charge in [0.2, 0.25) is 0 Å². The van der Waals surface area contributed by atoms with Crippen LogP contribution < -0.4 is 11.1 Å². The number of nitrogens with zero attached hydrogens (tertiary/aromatic N) is 1. The van der Waals surface area contributed by atoms with Crippen LogP contribution in [0.2, 0.25) is 0 Å². The van der Waals surface area contributed by atoms with Gasteiger partial charge in [0.25, 0.3) is 5.69 Å². The molecular weight excluding hydrogens is 198 g/mol. The molecule has 0 aliphatic heterocycles. The van der Waals surface area contributed by atoms with Crippen LogP contribution in [0.15, 0.2) is 18.2 Å². The molecule has 0 heterocycles. The molecule has 0 aromatic heterocycles. The fourth-order valence-corrected chi connectivity index (χ4v) is 1.17. The van der Waals surface area contributed by atoms with Gasteiger partial charge in [0.15, 0.2) is 0 Å². The molecule has 4 N–H and O–H groups in total. The molecule has 0 aliphatic rings. The number of nitrogens with two attached hydrogens (primary N) is 1. The molecule has 82 valence electrons. The Morgan fingerprint density at radius 3 is 2.87 bits per heavy atom. The number of aliphatic hydroxyl groups is 1. The normalized spacial score (nSPS) is 10.2. The second kappa shape index (κ2) is 5.28. The topological polar surface area (TPSA) is 101 Å². The van der Waals surface area contributed by atoms with Gasteiger partial charge in [-0.15, -0.1) is 0 Å². The van der Waals surface area contributed by atoms with E-state index in [2.05, 4.69) is 5.32 Å². The van der Waals surface area contributed by atoms with Crippen LogP contribution >= 0.6 is 0 Å². The Hall–Kier alpha value is -1.66. The summed E-state index contributed by atoms with van der Waals surface area (Å²) in [7, 11) is 0. The van der Waals surface area contributed by atoms with Crippen LogP contribution in [0.1, 0.15) is 5.56 Å². The van der Waals surface area contributed by atoms with E-state index in [0.717, 1.165) is 5.56 Å². The lowest BCUT2D eigenvalue weighted by molar-refractivity contribution is -0.384. The molecule has 0 fully saturated rings. The first-order chi connectivity index (χ1) is 7.15. The van der Waals surface area contributed by atoms with Gasteiger partial charge in [-0.05, 0) is 11.6 Å². The number of hydrogen-bond acceptors (Lipinski definition) is 5. The van der Waals surface area contributed by atoms with Gasteiger partial charge >= 0.3 is 0 Å². The van der Waals surface area contributed by atoms with Crippen LogP contribution in [0.25, 0.3) is 0 Å². The van der Waals surface area contributed by atoms with E-state index in [-0.39, 0.29) is 18.0 Å². The number of hydrogen-bond donors (Lipinski definition) is 3. The molecule has 0 unspecified atom stereocenters. The zero-order chi connectivity index (χ0) is 11.3. The van der Waals surface area contributed by atoms with E-state index in [1.165, 1.54) is 12.1 Å². The summed E-state index contributed by atoms with van der Waals surface area (Å²) in [6.45, 7) is 0.969. The van der Waals surface area contributed by atoms with Crippen molar-refractivity contribution in [3.8, 4) is 0 Å². The van der Waals surface area contributed by atoms with Crippen LogP contribution in [0.4, 0.5) is 11.4 Å². The lowest BCUT2D eigenvalue weighted by Crippen LogP contribution is -2.17. The van der Waals surface area contributed by atoms with Crippen LogP contribution in [-0.2, 0) is 6.54 Å². The number of nitrogen functional groups attached to an aromatic ring is 1. The van der Waals surface area contributed by atoms with Gasteiger partial charge < -0.3 is 16.2 Å². The Kier molecular flexibility index (Phi) is 4.02. The largest absolute Gasteiger partial charge is 0.395 e. The molecule has 0 aliphatic carbocycles. The molecule has 0 bridgehead atoms. The zero-order valence-electron chi connectivity index (χ0n) is 8.14. The van der Waals surface area contributed by atoms with Gasteiger partial charge in [-0.2, -0.15) is 0 Å². The summed E-state index contributed by atoms with van der Waals surface area (Å²) >= 11 is 0. The molecule has 15 heavy (non-hydrogen) atoms. The SMILES string of the molecule is Nc1ccc(CNCCO)cc1[N+](=O)[O-]. The standard InChI is InChI=1S/C9H13N3O3/c10-8-2-1-7(6-11-3-4-13)5-9(8)12(14)15/h1-2,5,11,13H,3-4,6,10H2. The minimum atomic E-state index is -0.509. The van der Waals surface area contributed by atoms with E-state index in [0.29, 0.717) is 13.1 Å². The molecule has 1 rings (SSSR count). The summed E-state index contributed by atoms with van der Waals surface area (Å²) in [4.78, 5) is 10.1. The summed E-state index contributed by atoms with van der Waals surface area (Å²) < 4.78 is 0. The summed E-state index contributed by atoms with van der Waals surface area (Å²) in [6.07, 6.45) is 0. The Balaban J connectivity index is 2.74. The highest BCUT2D eigenvalue weighted by molar-refractivity contribution is 5.59. The molecule has 0 atom stereocenters. The molecule has 6 nitrogen and oxygen atoms in total. The predicted molar refractivity (Wildman–Crippen MR) is 56.3 cm³/mol. The Morgan fingerprint density at radius 1 is 1.53 bits per heavy atom. The quantitative estimate of drug-likeness (QED) is 0.280. The van der Waals surface area contributed by atoms with Gasteiger partial charge in [0, 0.05) is 19.2 Å². The summed E-state index contributed by atoms with van der Waals surface area (Å²) in [5, 5.41) is 22.0. The van der Waals surface area contributed by atoms with Crippen molar-refractivity contribution < 1.29 is 10.0 Å². The number of nitro benzene ring substituents is 1. The maximum absolute atomic E-state index is 10.6. The van der Waals surface area contributed by atoms with Crippen molar-refractivity contribution in [2.75, 3.05) is 18.9 Å². The van der Waals surface area contributed by atoms with Gasteiger partial charge in [-0.1, -0.05) is 6.07 Å². The zero-order valence-corrected chi connectivity index (χ0v) is 8.14. The highest BCUT2D eigenvalue weighted by Gasteiger charge is 2.11. The van der Waals surface area contributed by atoms with Crippen molar-refractivity contribution in [2.24, 2.45) is 0 Å². The van der Waals surface area contributed by atoms with Crippen LogP contribution in [0, 0.1) is 10.1 Å². The molecule has 0 saturated heterocycles. The lowest BCUT2D eigenvalue weighted by Gasteiger charge is -2.04. The van der Waals surface area contributed by atoms with E-state index >= 15 is 0 Å². The first kappa shape index (κ1) is 11.4. The number of aliphatic hydroxyl groups excluding tert-OH is 1. The fraction of sp³-hybridized carbons (Fsp3) is 0.333. The molecule has 0 radical (unpaired) electrons. The first-order valence-corrected chi connectivity index (χ1v) is 4.49. The van der Waals surface area contributed by atoms with Crippen LogP contribution in [-0.4, -0.2) is 23.2 Å². The minimum absolute atomic E-state index is 0.0388. The number of rotatable bonds is 5. The summed E-state index contributed by atoms with van der Waals surface area (Å²) in [5.41, 5.74) is 6.28. The Bertz CT molecular complexity index is 354.